The van der Waals surface area contributed by atoms with E-state index in [9.17, 15) is 9.59 Å². The van der Waals surface area contributed by atoms with Crippen molar-refractivity contribution in [1.82, 2.24) is 4.98 Å². The maximum atomic E-state index is 11.5. The van der Waals surface area contributed by atoms with Gasteiger partial charge in [0.2, 0.25) is 0 Å². The Morgan fingerprint density at radius 1 is 1.44 bits per heavy atom. The van der Waals surface area contributed by atoms with Crippen molar-refractivity contribution in [1.29, 1.82) is 0 Å². The summed E-state index contributed by atoms with van der Waals surface area (Å²) in [5.74, 6) is -1.15. The molecule has 0 aliphatic heterocycles. The molecule has 5 heteroatoms. The van der Waals surface area contributed by atoms with Crippen LogP contribution in [0.15, 0.2) is 30.5 Å². The molecular formula is C13H15NO4. The van der Waals surface area contributed by atoms with E-state index in [4.69, 9.17) is 4.74 Å². The fourth-order valence-corrected chi connectivity index (χ4v) is 1.47. The molecular weight excluding hydrogens is 234 g/mol. The van der Waals surface area contributed by atoms with Crippen LogP contribution in [0.3, 0.4) is 0 Å². The molecule has 1 rings (SSSR count). The van der Waals surface area contributed by atoms with Crippen LogP contribution in [0, 0.1) is 6.92 Å². The second kappa shape index (κ2) is 5.95. The highest BCUT2D eigenvalue weighted by Crippen LogP contribution is 2.26. The topological polar surface area (TPSA) is 65.5 Å². The van der Waals surface area contributed by atoms with E-state index < -0.39 is 18.0 Å². The van der Waals surface area contributed by atoms with Crippen molar-refractivity contribution in [2.45, 2.75) is 20.0 Å². The number of methoxy groups -OCH3 is 1. The van der Waals surface area contributed by atoms with Crippen LogP contribution in [0.2, 0.25) is 0 Å². The Morgan fingerprint density at radius 2 is 2.11 bits per heavy atom. The predicted octanol–water partition coefficient (Wildman–Crippen LogP) is 1.72. The summed E-state index contributed by atoms with van der Waals surface area (Å²) in [5.41, 5.74) is 1.31. The van der Waals surface area contributed by atoms with Gasteiger partial charge >= 0.3 is 11.9 Å². The van der Waals surface area contributed by atoms with E-state index in [1.165, 1.54) is 14.0 Å². The number of nitrogens with zero attached hydrogens (tertiary/aromatic N) is 1. The Bertz CT molecular complexity index is 482. The van der Waals surface area contributed by atoms with Crippen molar-refractivity contribution in [3.05, 3.63) is 41.7 Å². The van der Waals surface area contributed by atoms with Crippen molar-refractivity contribution in [3.63, 3.8) is 0 Å². The van der Waals surface area contributed by atoms with Crippen LogP contribution in [0.25, 0.3) is 0 Å². The molecule has 0 radical (unpaired) electrons. The molecule has 1 heterocycles. The lowest BCUT2D eigenvalue weighted by Crippen LogP contribution is -2.19. The molecule has 0 N–H and O–H groups in total. The molecule has 5 nitrogen and oxygen atoms in total. The van der Waals surface area contributed by atoms with E-state index in [-0.39, 0.29) is 5.57 Å². The van der Waals surface area contributed by atoms with Gasteiger partial charge in [0.05, 0.1) is 18.4 Å². The van der Waals surface area contributed by atoms with Crippen molar-refractivity contribution in [2.75, 3.05) is 7.11 Å². The van der Waals surface area contributed by atoms with Crippen LogP contribution in [-0.2, 0) is 19.1 Å². The SMILES string of the molecule is C=C(C(=O)OC)C(OC(C)=O)c1ncccc1C. The average molecular weight is 249 g/mol. The van der Waals surface area contributed by atoms with Crippen molar-refractivity contribution in [3.8, 4) is 0 Å². The fourth-order valence-electron chi connectivity index (χ4n) is 1.47. The van der Waals surface area contributed by atoms with E-state index in [1.807, 2.05) is 13.0 Å². The normalized spacial score (nSPS) is 11.5. The van der Waals surface area contributed by atoms with E-state index in [2.05, 4.69) is 16.3 Å². The number of rotatable bonds is 4. The highest BCUT2D eigenvalue weighted by Gasteiger charge is 2.26. The summed E-state index contributed by atoms with van der Waals surface area (Å²) in [6, 6.07) is 3.56. The Labute approximate surface area is 105 Å². The Kier molecular flexibility index (Phi) is 4.59. The molecule has 0 amide bonds. The van der Waals surface area contributed by atoms with Gasteiger partial charge in [-0.15, -0.1) is 0 Å². The molecule has 0 fully saturated rings. The second-order valence-electron chi connectivity index (χ2n) is 3.71. The Hall–Kier alpha value is -2.17. The number of aromatic nitrogens is 1. The number of ether oxygens (including phenoxy) is 2. The van der Waals surface area contributed by atoms with E-state index in [0.29, 0.717) is 5.69 Å². The summed E-state index contributed by atoms with van der Waals surface area (Å²) in [6.45, 7) is 6.67. The molecule has 0 saturated heterocycles. The van der Waals surface area contributed by atoms with Gasteiger partial charge in [-0.25, -0.2) is 4.79 Å². The molecule has 1 unspecified atom stereocenters. The smallest absolute Gasteiger partial charge is 0.337 e. The van der Waals surface area contributed by atoms with Gasteiger partial charge in [-0.2, -0.15) is 0 Å². The minimum atomic E-state index is -0.920. The third-order valence-electron chi connectivity index (χ3n) is 2.35. The summed E-state index contributed by atoms with van der Waals surface area (Å²) in [6.07, 6.45) is 0.639. The Morgan fingerprint density at radius 3 is 2.61 bits per heavy atom. The lowest BCUT2D eigenvalue weighted by molar-refractivity contribution is -0.147. The number of carbonyl (C=O) groups excluding carboxylic acids is 2. The predicted molar refractivity (Wildman–Crippen MR) is 64.6 cm³/mol. The van der Waals surface area contributed by atoms with E-state index in [0.717, 1.165) is 5.56 Å². The molecule has 0 aliphatic carbocycles. The molecule has 1 aromatic heterocycles. The molecule has 96 valence electrons. The van der Waals surface area contributed by atoms with Crippen LogP contribution in [0.1, 0.15) is 24.3 Å². The van der Waals surface area contributed by atoms with Crippen LogP contribution in [0.4, 0.5) is 0 Å². The van der Waals surface area contributed by atoms with Gasteiger partial charge in [0.1, 0.15) is 0 Å². The summed E-state index contributed by atoms with van der Waals surface area (Å²) in [5, 5.41) is 0. The van der Waals surface area contributed by atoms with Gasteiger partial charge in [0, 0.05) is 13.1 Å². The van der Waals surface area contributed by atoms with Gasteiger partial charge < -0.3 is 9.47 Å². The molecule has 0 bridgehead atoms. The van der Waals surface area contributed by atoms with Gasteiger partial charge in [0.15, 0.2) is 6.10 Å². The lowest BCUT2D eigenvalue weighted by atomic mass is 10.0. The maximum absolute atomic E-state index is 11.5. The highest BCUT2D eigenvalue weighted by atomic mass is 16.6. The summed E-state index contributed by atoms with van der Waals surface area (Å²) < 4.78 is 9.68. The molecule has 0 spiro atoms. The first-order valence-electron chi connectivity index (χ1n) is 5.33. The molecule has 1 aromatic rings. The third-order valence-corrected chi connectivity index (χ3v) is 2.35. The average Bonchev–Trinajstić information content (AvgIpc) is 2.35. The van der Waals surface area contributed by atoms with Crippen LogP contribution >= 0.6 is 0 Å². The van der Waals surface area contributed by atoms with Gasteiger partial charge in [0.25, 0.3) is 0 Å². The quantitative estimate of drug-likeness (QED) is 0.600. The van der Waals surface area contributed by atoms with E-state index >= 15 is 0 Å². The standard InChI is InChI=1S/C13H15NO4/c1-8-6-5-7-14-11(8)12(18-10(3)15)9(2)13(16)17-4/h5-7,12H,2H2,1,3-4H3. The number of hydrogen-bond acceptors (Lipinski definition) is 5. The first kappa shape index (κ1) is 13.9. The number of esters is 2. The zero-order valence-corrected chi connectivity index (χ0v) is 10.6. The van der Waals surface area contributed by atoms with Crippen molar-refractivity contribution >= 4 is 11.9 Å². The first-order valence-corrected chi connectivity index (χ1v) is 5.33. The number of hydrogen-bond donors (Lipinski definition) is 0. The van der Waals surface area contributed by atoms with Gasteiger partial charge in [-0.05, 0) is 18.6 Å². The second-order valence-corrected chi connectivity index (χ2v) is 3.71. The monoisotopic (exact) mass is 249 g/mol. The summed E-state index contributed by atoms with van der Waals surface area (Å²) >= 11 is 0. The van der Waals surface area contributed by atoms with Crippen LogP contribution in [-0.4, -0.2) is 24.0 Å². The van der Waals surface area contributed by atoms with Crippen molar-refractivity contribution in [2.24, 2.45) is 0 Å². The zero-order valence-electron chi connectivity index (χ0n) is 10.6. The minimum absolute atomic E-state index is 0.0366. The highest BCUT2D eigenvalue weighted by molar-refractivity contribution is 5.89. The molecule has 0 saturated carbocycles. The van der Waals surface area contributed by atoms with Crippen molar-refractivity contribution < 1.29 is 19.1 Å². The minimum Gasteiger partial charge on any atom is -0.466 e. The van der Waals surface area contributed by atoms with Crippen LogP contribution < -0.4 is 0 Å². The molecule has 0 aromatic carbocycles. The number of pyridine rings is 1. The number of carbonyl (C=O) groups is 2. The van der Waals surface area contributed by atoms with Crippen LogP contribution in [0.5, 0.6) is 0 Å². The zero-order chi connectivity index (χ0) is 13.7. The Balaban J connectivity index is 3.14. The molecule has 1 atom stereocenters. The first-order chi connectivity index (χ1) is 8.47. The van der Waals surface area contributed by atoms with Gasteiger partial charge in [-0.1, -0.05) is 12.6 Å². The third kappa shape index (κ3) is 3.16. The molecule has 18 heavy (non-hydrogen) atoms. The summed E-state index contributed by atoms with van der Waals surface area (Å²) in [7, 11) is 1.24. The lowest BCUT2D eigenvalue weighted by Gasteiger charge is -2.18. The number of aryl methyl sites for hydroxylation is 1. The summed E-state index contributed by atoms with van der Waals surface area (Å²) in [4.78, 5) is 26.7. The maximum Gasteiger partial charge on any atom is 0.337 e. The van der Waals surface area contributed by atoms with E-state index in [1.54, 1.807) is 12.3 Å². The largest absolute Gasteiger partial charge is 0.466 e. The molecule has 0 aliphatic rings. The fraction of sp³-hybridized carbons (Fsp3) is 0.308. The van der Waals surface area contributed by atoms with Gasteiger partial charge in [-0.3, -0.25) is 9.78 Å².